The summed E-state index contributed by atoms with van der Waals surface area (Å²) in [4.78, 5) is 17.1. The molecule has 3 rings (SSSR count). The van der Waals surface area contributed by atoms with Crippen LogP contribution in [0.3, 0.4) is 0 Å². The number of amides is 1. The number of aliphatic hydroxyl groups is 1. The normalized spacial score (nSPS) is 25.8. The summed E-state index contributed by atoms with van der Waals surface area (Å²) in [6, 6.07) is 7.34. The molecule has 0 saturated carbocycles. The smallest absolute Gasteiger partial charge is 0.225 e. The molecule has 5 heteroatoms. The zero-order valence-electron chi connectivity index (χ0n) is 14.5. The Morgan fingerprint density at radius 2 is 2.04 bits per heavy atom. The lowest BCUT2D eigenvalue weighted by molar-refractivity contribution is -0.133. The summed E-state index contributed by atoms with van der Waals surface area (Å²) in [6.07, 6.45) is 2.42. The SMILES string of the molecule is CC(C)N1C2CCC1CN(C(=O)CC(O)c1cccc(F)c1)CC2. The van der Waals surface area contributed by atoms with Gasteiger partial charge in [-0.2, -0.15) is 0 Å². The van der Waals surface area contributed by atoms with Crippen molar-refractivity contribution in [3.05, 3.63) is 35.6 Å². The number of carbonyl (C=O) groups is 1. The molecule has 0 aliphatic carbocycles. The van der Waals surface area contributed by atoms with Crippen LogP contribution in [-0.4, -0.2) is 52.0 Å². The standard InChI is InChI=1S/C19H27FN2O2/c1-13(2)22-16-6-7-17(22)12-21(9-8-16)19(24)11-18(23)14-4-3-5-15(20)10-14/h3-5,10,13,16-18,23H,6-9,11-12H2,1-2H3. The van der Waals surface area contributed by atoms with E-state index in [0.717, 1.165) is 25.9 Å². The van der Waals surface area contributed by atoms with E-state index in [2.05, 4.69) is 18.7 Å². The third-order valence-electron chi connectivity index (χ3n) is 5.39. The Balaban J connectivity index is 1.63. The Morgan fingerprint density at radius 3 is 2.75 bits per heavy atom. The van der Waals surface area contributed by atoms with Gasteiger partial charge in [0.15, 0.2) is 0 Å². The van der Waals surface area contributed by atoms with Crippen molar-refractivity contribution in [1.82, 2.24) is 9.80 Å². The first-order valence-electron chi connectivity index (χ1n) is 8.94. The summed E-state index contributed by atoms with van der Waals surface area (Å²) in [6.45, 7) is 5.93. The highest BCUT2D eigenvalue weighted by molar-refractivity contribution is 5.77. The lowest BCUT2D eigenvalue weighted by Gasteiger charge is -2.32. The van der Waals surface area contributed by atoms with Crippen LogP contribution < -0.4 is 0 Å². The van der Waals surface area contributed by atoms with Crippen molar-refractivity contribution in [2.45, 2.75) is 63.8 Å². The number of carbonyl (C=O) groups excluding carboxylic acids is 1. The zero-order valence-corrected chi connectivity index (χ0v) is 14.5. The molecule has 3 unspecified atom stereocenters. The number of hydrogen-bond donors (Lipinski definition) is 1. The maximum atomic E-state index is 13.3. The van der Waals surface area contributed by atoms with Crippen LogP contribution in [-0.2, 0) is 4.79 Å². The molecule has 3 atom stereocenters. The molecule has 4 nitrogen and oxygen atoms in total. The van der Waals surface area contributed by atoms with E-state index >= 15 is 0 Å². The fourth-order valence-electron chi connectivity index (χ4n) is 4.31. The Bertz CT molecular complexity index is 592. The van der Waals surface area contributed by atoms with Gasteiger partial charge in [0, 0.05) is 31.2 Å². The number of aliphatic hydroxyl groups excluding tert-OH is 1. The third-order valence-corrected chi connectivity index (χ3v) is 5.39. The predicted octanol–water partition coefficient (Wildman–Crippen LogP) is 2.72. The Kier molecular flexibility index (Phi) is 5.21. The van der Waals surface area contributed by atoms with Crippen molar-refractivity contribution in [3.8, 4) is 0 Å². The van der Waals surface area contributed by atoms with E-state index in [1.54, 1.807) is 12.1 Å². The first-order chi connectivity index (χ1) is 11.5. The van der Waals surface area contributed by atoms with Gasteiger partial charge in [-0.3, -0.25) is 9.69 Å². The van der Waals surface area contributed by atoms with Crippen molar-refractivity contribution in [1.29, 1.82) is 0 Å². The van der Waals surface area contributed by atoms with E-state index in [4.69, 9.17) is 0 Å². The Morgan fingerprint density at radius 1 is 1.29 bits per heavy atom. The molecule has 0 radical (unpaired) electrons. The van der Waals surface area contributed by atoms with Crippen LogP contribution in [0, 0.1) is 5.82 Å². The quantitative estimate of drug-likeness (QED) is 0.921. The van der Waals surface area contributed by atoms with Gasteiger partial charge in [-0.1, -0.05) is 12.1 Å². The maximum absolute atomic E-state index is 13.3. The van der Waals surface area contributed by atoms with Crippen LogP contribution in [0.15, 0.2) is 24.3 Å². The van der Waals surface area contributed by atoms with Gasteiger partial charge < -0.3 is 10.0 Å². The van der Waals surface area contributed by atoms with Crippen LogP contribution in [0.2, 0.25) is 0 Å². The summed E-state index contributed by atoms with van der Waals surface area (Å²) in [5.41, 5.74) is 0.462. The highest BCUT2D eigenvalue weighted by Gasteiger charge is 2.39. The zero-order chi connectivity index (χ0) is 17.3. The van der Waals surface area contributed by atoms with Crippen LogP contribution in [0.5, 0.6) is 0 Å². The number of benzene rings is 1. The number of rotatable bonds is 4. The molecule has 2 bridgehead atoms. The molecule has 1 N–H and O–H groups in total. The second-order valence-corrected chi connectivity index (χ2v) is 7.33. The molecule has 0 aromatic heterocycles. The van der Waals surface area contributed by atoms with Gasteiger partial charge in [0.05, 0.1) is 12.5 Å². The van der Waals surface area contributed by atoms with Crippen molar-refractivity contribution in [3.63, 3.8) is 0 Å². The first kappa shape index (κ1) is 17.4. The fourth-order valence-corrected chi connectivity index (χ4v) is 4.31. The summed E-state index contributed by atoms with van der Waals surface area (Å²) >= 11 is 0. The molecule has 2 heterocycles. The van der Waals surface area contributed by atoms with E-state index in [1.165, 1.54) is 18.6 Å². The van der Waals surface area contributed by atoms with Crippen LogP contribution in [0.4, 0.5) is 4.39 Å². The van der Waals surface area contributed by atoms with Crippen LogP contribution in [0.25, 0.3) is 0 Å². The molecule has 2 aliphatic rings. The molecule has 24 heavy (non-hydrogen) atoms. The molecule has 2 saturated heterocycles. The molecule has 2 fully saturated rings. The monoisotopic (exact) mass is 334 g/mol. The highest BCUT2D eigenvalue weighted by Crippen LogP contribution is 2.32. The summed E-state index contributed by atoms with van der Waals surface area (Å²) in [7, 11) is 0. The van der Waals surface area contributed by atoms with Gasteiger partial charge in [-0.15, -0.1) is 0 Å². The number of likely N-dealkylation sites (tertiary alicyclic amines) is 1. The molecule has 0 spiro atoms. The number of hydrogen-bond acceptors (Lipinski definition) is 3. The first-order valence-corrected chi connectivity index (χ1v) is 8.94. The second kappa shape index (κ2) is 7.19. The van der Waals surface area contributed by atoms with Crippen molar-refractivity contribution < 1.29 is 14.3 Å². The summed E-state index contributed by atoms with van der Waals surface area (Å²) < 4.78 is 13.3. The summed E-state index contributed by atoms with van der Waals surface area (Å²) in [5, 5.41) is 10.3. The predicted molar refractivity (Wildman–Crippen MR) is 91.0 cm³/mol. The average Bonchev–Trinajstić information content (AvgIpc) is 2.81. The van der Waals surface area contributed by atoms with Gasteiger partial charge in [-0.25, -0.2) is 4.39 Å². The number of nitrogens with zero attached hydrogens (tertiary/aromatic N) is 2. The largest absolute Gasteiger partial charge is 0.388 e. The van der Waals surface area contributed by atoms with Gasteiger partial charge in [0.1, 0.15) is 5.82 Å². The van der Waals surface area contributed by atoms with Gasteiger partial charge in [-0.05, 0) is 50.8 Å². The third kappa shape index (κ3) is 3.62. The van der Waals surface area contributed by atoms with E-state index in [9.17, 15) is 14.3 Å². The minimum absolute atomic E-state index is 0.0164. The molecular weight excluding hydrogens is 307 g/mol. The Labute approximate surface area is 143 Å². The summed E-state index contributed by atoms with van der Waals surface area (Å²) in [5.74, 6) is -0.429. The van der Waals surface area contributed by atoms with Crippen molar-refractivity contribution in [2.24, 2.45) is 0 Å². The molecule has 1 aromatic rings. The molecule has 1 aromatic carbocycles. The Hall–Kier alpha value is -1.46. The second-order valence-electron chi connectivity index (χ2n) is 7.33. The van der Waals surface area contributed by atoms with Crippen molar-refractivity contribution >= 4 is 5.91 Å². The van der Waals surface area contributed by atoms with E-state index < -0.39 is 11.9 Å². The lowest BCUT2D eigenvalue weighted by atomic mass is 10.0. The average molecular weight is 334 g/mol. The number of halogens is 1. The lowest BCUT2D eigenvalue weighted by Crippen LogP contribution is -2.44. The molecule has 2 aliphatic heterocycles. The van der Waals surface area contributed by atoms with Crippen LogP contribution in [0.1, 0.15) is 51.2 Å². The van der Waals surface area contributed by atoms with Gasteiger partial charge >= 0.3 is 0 Å². The highest BCUT2D eigenvalue weighted by atomic mass is 19.1. The topological polar surface area (TPSA) is 43.8 Å². The van der Waals surface area contributed by atoms with E-state index in [0.29, 0.717) is 23.7 Å². The van der Waals surface area contributed by atoms with Crippen molar-refractivity contribution in [2.75, 3.05) is 13.1 Å². The minimum atomic E-state index is -0.949. The molecule has 132 valence electrons. The maximum Gasteiger partial charge on any atom is 0.225 e. The van der Waals surface area contributed by atoms with Gasteiger partial charge in [0.25, 0.3) is 0 Å². The molecule has 1 amide bonds. The minimum Gasteiger partial charge on any atom is -0.388 e. The van der Waals surface area contributed by atoms with E-state index in [1.807, 2.05) is 4.90 Å². The fraction of sp³-hybridized carbons (Fsp3) is 0.632. The van der Waals surface area contributed by atoms with Gasteiger partial charge in [0.2, 0.25) is 5.91 Å². The molecular formula is C19H27FN2O2. The van der Waals surface area contributed by atoms with E-state index in [-0.39, 0.29) is 12.3 Å². The number of fused-ring (bicyclic) bond motifs is 2. The van der Waals surface area contributed by atoms with Crippen LogP contribution >= 0.6 is 0 Å².